The maximum Gasteiger partial charge on any atom is 0.335 e. The Morgan fingerprint density at radius 2 is 2.25 bits per heavy atom. The predicted octanol–water partition coefficient (Wildman–Crippen LogP) is 2.11. The number of carboxylic acid groups (broad SMARTS) is 1. The van der Waals surface area contributed by atoms with Crippen molar-refractivity contribution in [3.8, 4) is 0 Å². The van der Waals surface area contributed by atoms with Crippen molar-refractivity contribution < 1.29 is 9.90 Å². The van der Waals surface area contributed by atoms with Gasteiger partial charge in [0.15, 0.2) is 0 Å². The van der Waals surface area contributed by atoms with E-state index in [4.69, 9.17) is 5.11 Å². The second kappa shape index (κ2) is 5.30. The number of imidazole rings is 1. The Labute approximate surface area is 118 Å². The average molecular weight is 286 g/mol. The molecule has 0 amide bonds. The van der Waals surface area contributed by atoms with Gasteiger partial charge in [-0.2, -0.15) is 0 Å². The average Bonchev–Trinajstić information content (AvgIpc) is 2.88. The van der Waals surface area contributed by atoms with Crippen LogP contribution in [0.15, 0.2) is 48.0 Å². The summed E-state index contributed by atoms with van der Waals surface area (Å²) in [4.78, 5) is 23.5. The van der Waals surface area contributed by atoms with Gasteiger partial charge in [-0.25, -0.2) is 19.7 Å². The first-order valence-electron chi connectivity index (χ1n) is 5.83. The summed E-state index contributed by atoms with van der Waals surface area (Å²) >= 11 is 1.44. The fourth-order valence-corrected chi connectivity index (χ4v) is 2.50. The second-order valence-electron chi connectivity index (χ2n) is 4.04. The summed E-state index contributed by atoms with van der Waals surface area (Å²) < 4.78 is 1.84. The van der Waals surface area contributed by atoms with Gasteiger partial charge in [0.2, 0.25) is 5.78 Å². The fourth-order valence-electron chi connectivity index (χ4n) is 1.72. The summed E-state index contributed by atoms with van der Waals surface area (Å²) in [7, 11) is 0. The molecule has 7 heteroatoms. The molecule has 0 aromatic carbocycles. The minimum absolute atomic E-state index is 0.235. The summed E-state index contributed by atoms with van der Waals surface area (Å²) in [5.41, 5.74) is 1.11. The molecule has 3 heterocycles. The summed E-state index contributed by atoms with van der Waals surface area (Å²) in [6.07, 6.45) is 6.97. The van der Waals surface area contributed by atoms with Crippen LogP contribution in [-0.4, -0.2) is 30.4 Å². The smallest absolute Gasteiger partial charge is 0.335 e. The number of hydrogen-bond donors (Lipinski definition) is 1. The number of pyridine rings is 1. The van der Waals surface area contributed by atoms with Crippen molar-refractivity contribution in [3.05, 3.63) is 54.2 Å². The number of aromatic carboxylic acids is 1. The Hall–Kier alpha value is -2.41. The number of aromatic nitrogens is 4. The van der Waals surface area contributed by atoms with E-state index in [1.165, 1.54) is 24.0 Å². The third-order valence-electron chi connectivity index (χ3n) is 2.64. The van der Waals surface area contributed by atoms with Crippen molar-refractivity contribution in [2.75, 3.05) is 0 Å². The Kier molecular flexibility index (Phi) is 3.34. The monoisotopic (exact) mass is 286 g/mol. The second-order valence-corrected chi connectivity index (χ2v) is 5.03. The van der Waals surface area contributed by atoms with Gasteiger partial charge in [-0.1, -0.05) is 11.8 Å². The van der Waals surface area contributed by atoms with Crippen molar-refractivity contribution >= 4 is 23.5 Å². The third kappa shape index (κ3) is 2.62. The zero-order valence-corrected chi connectivity index (χ0v) is 11.1. The molecule has 0 fully saturated rings. The predicted molar refractivity (Wildman–Crippen MR) is 73.7 cm³/mol. The molecule has 0 spiro atoms. The first kappa shape index (κ1) is 12.6. The molecule has 0 saturated carbocycles. The lowest BCUT2D eigenvalue weighted by Crippen LogP contribution is -1.96. The number of hydrogen-bond acceptors (Lipinski definition) is 5. The van der Waals surface area contributed by atoms with Gasteiger partial charge < -0.3 is 5.11 Å². The zero-order chi connectivity index (χ0) is 13.9. The maximum absolute atomic E-state index is 10.9. The molecule has 0 bridgehead atoms. The highest BCUT2D eigenvalue weighted by Crippen LogP contribution is 2.21. The summed E-state index contributed by atoms with van der Waals surface area (Å²) in [6.45, 7) is 0. The highest BCUT2D eigenvalue weighted by molar-refractivity contribution is 7.98. The van der Waals surface area contributed by atoms with Crippen LogP contribution in [0.3, 0.4) is 0 Å². The van der Waals surface area contributed by atoms with E-state index in [9.17, 15) is 4.79 Å². The lowest BCUT2D eigenvalue weighted by molar-refractivity contribution is 0.0696. The van der Waals surface area contributed by atoms with Gasteiger partial charge in [-0.3, -0.25) is 4.40 Å². The Balaban J connectivity index is 1.75. The lowest BCUT2D eigenvalue weighted by Gasteiger charge is -1.99. The minimum atomic E-state index is -0.953. The van der Waals surface area contributed by atoms with E-state index in [1.807, 2.05) is 22.9 Å². The van der Waals surface area contributed by atoms with Crippen molar-refractivity contribution in [1.82, 2.24) is 19.4 Å². The lowest BCUT2D eigenvalue weighted by atomic mass is 10.3. The van der Waals surface area contributed by atoms with Crippen LogP contribution in [0.25, 0.3) is 5.78 Å². The summed E-state index contributed by atoms with van der Waals surface area (Å²) in [5, 5.41) is 9.59. The Bertz CT molecular complexity index is 739. The molecule has 20 heavy (non-hydrogen) atoms. The molecule has 6 nitrogen and oxygen atoms in total. The van der Waals surface area contributed by atoms with E-state index < -0.39 is 5.97 Å². The van der Waals surface area contributed by atoms with Crippen LogP contribution < -0.4 is 0 Å². The van der Waals surface area contributed by atoms with Crippen LogP contribution in [0.4, 0.5) is 0 Å². The third-order valence-corrected chi connectivity index (χ3v) is 3.59. The van der Waals surface area contributed by atoms with Gasteiger partial charge in [0.25, 0.3) is 0 Å². The first-order chi connectivity index (χ1) is 9.72. The molecule has 0 aliphatic rings. The maximum atomic E-state index is 10.9. The SMILES string of the molecule is O=C(O)c1ccnc(SCc2cn3cccnc3n2)c1. The van der Waals surface area contributed by atoms with E-state index >= 15 is 0 Å². The number of carbonyl (C=O) groups is 1. The van der Waals surface area contributed by atoms with Crippen LogP contribution >= 0.6 is 11.8 Å². The summed E-state index contributed by atoms with van der Waals surface area (Å²) in [6, 6.07) is 4.87. The van der Waals surface area contributed by atoms with Crippen molar-refractivity contribution in [2.45, 2.75) is 10.8 Å². The number of rotatable bonds is 4. The number of fused-ring (bicyclic) bond motifs is 1. The van der Waals surface area contributed by atoms with Gasteiger partial charge in [0.05, 0.1) is 16.3 Å². The van der Waals surface area contributed by atoms with Crippen molar-refractivity contribution in [2.24, 2.45) is 0 Å². The molecule has 100 valence electrons. The topological polar surface area (TPSA) is 80.4 Å². The van der Waals surface area contributed by atoms with Gasteiger partial charge in [-0.15, -0.1) is 0 Å². The van der Waals surface area contributed by atoms with Crippen LogP contribution in [-0.2, 0) is 5.75 Å². The van der Waals surface area contributed by atoms with Gasteiger partial charge in [0, 0.05) is 30.5 Å². The minimum Gasteiger partial charge on any atom is -0.478 e. The van der Waals surface area contributed by atoms with Gasteiger partial charge >= 0.3 is 5.97 Å². The van der Waals surface area contributed by atoms with E-state index in [-0.39, 0.29) is 5.56 Å². The van der Waals surface area contributed by atoms with Crippen LogP contribution in [0.1, 0.15) is 16.1 Å². The molecule has 3 aromatic heterocycles. The Morgan fingerprint density at radius 1 is 1.35 bits per heavy atom. The number of nitrogens with zero attached hydrogens (tertiary/aromatic N) is 4. The van der Waals surface area contributed by atoms with Gasteiger partial charge in [-0.05, 0) is 18.2 Å². The van der Waals surface area contributed by atoms with E-state index in [0.29, 0.717) is 16.6 Å². The van der Waals surface area contributed by atoms with Gasteiger partial charge in [0.1, 0.15) is 0 Å². The fraction of sp³-hybridized carbons (Fsp3) is 0.0769. The van der Waals surface area contributed by atoms with Crippen molar-refractivity contribution in [3.63, 3.8) is 0 Å². The quantitative estimate of drug-likeness (QED) is 0.740. The molecule has 0 saturated heterocycles. The standard InChI is InChI=1S/C13H10N4O2S/c18-12(19)9-2-4-14-11(6-9)20-8-10-7-17-5-1-3-15-13(17)16-10/h1-7H,8H2,(H,18,19). The van der Waals surface area contributed by atoms with Crippen LogP contribution in [0.2, 0.25) is 0 Å². The molecule has 0 atom stereocenters. The molecule has 0 aliphatic heterocycles. The number of carboxylic acids is 1. The molecule has 0 radical (unpaired) electrons. The largest absolute Gasteiger partial charge is 0.478 e. The van der Waals surface area contributed by atoms with Crippen LogP contribution in [0.5, 0.6) is 0 Å². The molecule has 1 N–H and O–H groups in total. The highest BCUT2D eigenvalue weighted by atomic mass is 32.2. The molecule has 0 unspecified atom stereocenters. The number of thioether (sulfide) groups is 1. The molecule has 3 rings (SSSR count). The zero-order valence-electron chi connectivity index (χ0n) is 10.3. The normalized spacial score (nSPS) is 10.8. The van der Waals surface area contributed by atoms with E-state index in [1.54, 1.807) is 12.3 Å². The van der Waals surface area contributed by atoms with Crippen LogP contribution in [0, 0.1) is 0 Å². The Morgan fingerprint density at radius 3 is 3.05 bits per heavy atom. The molecular formula is C13H10N4O2S. The molecule has 0 aliphatic carbocycles. The molecule has 3 aromatic rings. The van der Waals surface area contributed by atoms with Crippen molar-refractivity contribution in [1.29, 1.82) is 0 Å². The molecular weight excluding hydrogens is 276 g/mol. The van der Waals surface area contributed by atoms with E-state index in [2.05, 4.69) is 15.0 Å². The summed E-state index contributed by atoms with van der Waals surface area (Å²) in [5.74, 6) is 0.306. The highest BCUT2D eigenvalue weighted by Gasteiger charge is 2.07. The first-order valence-corrected chi connectivity index (χ1v) is 6.82. The van der Waals surface area contributed by atoms with E-state index in [0.717, 1.165) is 5.69 Å².